The van der Waals surface area contributed by atoms with Gasteiger partial charge in [0.15, 0.2) is 10.9 Å². The number of anilines is 1. The lowest BCUT2D eigenvalue weighted by molar-refractivity contribution is -0.137. The Morgan fingerprint density at radius 2 is 1.91 bits per heavy atom. The average Bonchev–Trinajstić information content (AvgIpc) is 3.16. The summed E-state index contributed by atoms with van der Waals surface area (Å²) in [5, 5.41) is 17.2. The van der Waals surface area contributed by atoms with E-state index in [4.69, 9.17) is 28.9 Å². The summed E-state index contributed by atoms with van der Waals surface area (Å²) < 4.78 is 38.0. The summed E-state index contributed by atoms with van der Waals surface area (Å²) in [5.41, 5.74) is 3.58. The zero-order chi connectivity index (χ0) is 25.8. The van der Waals surface area contributed by atoms with Gasteiger partial charge in [0, 0.05) is 11.3 Å². The molecule has 0 radical (unpaired) electrons. The van der Waals surface area contributed by atoms with Gasteiger partial charge in [0.05, 0.1) is 27.1 Å². The van der Waals surface area contributed by atoms with Crippen molar-refractivity contribution < 1.29 is 27.9 Å². The van der Waals surface area contributed by atoms with E-state index in [2.05, 4.69) is 15.8 Å². The Kier molecular flexibility index (Phi) is 8.36. The van der Waals surface area contributed by atoms with Gasteiger partial charge < -0.3 is 10.4 Å². The molecule has 3 rings (SSSR count). The Bertz CT molecular complexity index is 1260. The fraction of sp³-hybridized carbons (Fsp3) is 0.130. The van der Waals surface area contributed by atoms with E-state index in [0.717, 1.165) is 12.1 Å². The predicted molar refractivity (Wildman–Crippen MR) is 136 cm³/mol. The molecule has 1 heterocycles. The number of carbonyl (C=O) groups is 2. The third-order valence-electron chi connectivity index (χ3n) is 4.73. The molecular formula is C23H17ClF3N3O3S2. The van der Waals surface area contributed by atoms with Crippen LogP contribution in [0.15, 0.2) is 64.6 Å². The topological polar surface area (TPSA) is 90.8 Å². The molecule has 1 unspecified atom stereocenters. The number of carbonyl (C=O) groups excluding carboxylic acids is 1. The first kappa shape index (κ1) is 26.5. The molecule has 0 fully saturated rings. The highest BCUT2D eigenvalue weighted by Gasteiger charge is 2.30. The van der Waals surface area contributed by atoms with Crippen LogP contribution in [0.5, 0.6) is 0 Å². The number of benzene rings is 2. The molecule has 1 atom stereocenters. The number of nitrogens with zero attached hydrogens (tertiary/aromatic N) is 1. The van der Waals surface area contributed by atoms with Crippen molar-refractivity contribution in [2.24, 2.45) is 5.10 Å². The Morgan fingerprint density at radius 3 is 2.51 bits per heavy atom. The van der Waals surface area contributed by atoms with Crippen LogP contribution in [0.3, 0.4) is 0 Å². The van der Waals surface area contributed by atoms with Crippen LogP contribution in [0.2, 0.25) is 5.02 Å². The number of Topliss-reactive ketones (excluding diaryl/α,β-unsaturated/α-hetero) is 1. The molecule has 0 bridgehead atoms. The molecule has 0 spiro atoms. The van der Waals surface area contributed by atoms with Crippen molar-refractivity contribution in [2.45, 2.75) is 18.3 Å². The molecule has 35 heavy (non-hydrogen) atoms. The van der Waals surface area contributed by atoms with E-state index in [9.17, 15) is 22.8 Å². The van der Waals surface area contributed by atoms with Gasteiger partial charge in [-0.1, -0.05) is 35.9 Å². The first-order chi connectivity index (χ1) is 16.5. The largest absolute Gasteiger partial charge is 0.478 e. The van der Waals surface area contributed by atoms with Crippen molar-refractivity contribution in [3.05, 3.63) is 81.2 Å². The molecule has 0 aliphatic carbocycles. The molecule has 1 aliphatic heterocycles. The number of hydrogen-bond donors (Lipinski definition) is 3. The summed E-state index contributed by atoms with van der Waals surface area (Å²) in [4.78, 5) is 23.7. The van der Waals surface area contributed by atoms with Crippen LogP contribution >= 0.6 is 35.6 Å². The summed E-state index contributed by atoms with van der Waals surface area (Å²) in [6.07, 6.45) is -1.19. The fourth-order valence-electron chi connectivity index (χ4n) is 2.91. The van der Waals surface area contributed by atoms with Gasteiger partial charge in [-0.2, -0.15) is 18.3 Å². The number of alkyl halides is 3. The van der Waals surface area contributed by atoms with Crippen molar-refractivity contribution in [1.29, 1.82) is 0 Å². The fourth-order valence-corrected chi connectivity index (χ4v) is 4.33. The zero-order valence-electron chi connectivity index (χ0n) is 17.9. The van der Waals surface area contributed by atoms with Gasteiger partial charge in [-0.25, -0.2) is 4.79 Å². The van der Waals surface area contributed by atoms with Crippen LogP contribution < -0.4 is 10.7 Å². The molecule has 0 aromatic heterocycles. The van der Waals surface area contributed by atoms with E-state index in [1.54, 1.807) is 24.5 Å². The van der Waals surface area contributed by atoms with E-state index < -0.39 is 23.0 Å². The first-order valence-electron chi connectivity index (χ1n) is 9.85. The molecule has 6 nitrogen and oxygen atoms in total. The van der Waals surface area contributed by atoms with Crippen molar-refractivity contribution in [3.8, 4) is 0 Å². The average molecular weight is 540 g/mol. The van der Waals surface area contributed by atoms with E-state index in [1.807, 2.05) is 0 Å². The number of aromatic carboxylic acids is 1. The number of hydrogen-bond acceptors (Lipinski definition) is 5. The number of nitrogens with one attached hydrogen (secondary N) is 2. The van der Waals surface area contributed by atoms with Crippen molar-refractivity contribution in [3.63, 3.8) is 0 Å². The maximum absolute atomic E-state index is 12.7. The highest BCUT2D eigenvalue weighted by Crippen LogP contribution is 2.31. The maximum Gasteiger partial charge on any atom is 0.416 e. The van der Waals surface area contributed by atoms with Gasteiger partial charge in [-0.05, 0) is 60.4 Å². The third kappa shape index (κ3) is 6.93. The van der Waals surface area contributed by atoms with Gasteiger partial charge in [0.2, 0.25) is 0 Å². The quantitative estimate of drug-likeness (QED) is 0.235. The highest BCUT2D eigenvalue weighted by molar-refractivity contribution is 8.04. The molecule has 2 aromatic carbocycles. The molecule has 182 valence electrons. The van der Waals surface area contributed by atoms with Gasteiger partial charge in [-0.15, -0.1) is 11.8 Å². The van der Waals surface area contributed by atoms with Crippen molar-refractivity contribution in [1.82, 2.24) is 5.43 Å². The van der Waals surface area contributed by atoms with Crippen LogP contribution in [-0.4, -0.2) is 32.9 Å². The van der Waals surface area contributed by atoms with Crippen molar-refractivity contribution in [2.75, 3.05) is 5.32 Å². The summed E-state index contributed by atoms with van der Waals surface area (Å²) >= 11 is 12.3. The normalized spacial score (nSPS) is 16.4. The lowest BCUT2D eigenvalue weighted by Crippen LogP contribution is -2.26. The Balaban J connectivity index is 1.56. The van der Waals surface area contributed by atoms with Gasteiger partial charge >= 0.3 is 12.1 Å². The summed E-state index contributed by atoms with van der Waals surface area (Å²) in [6, 6.07) is 8.88. The van der Waals surface area contributed by atoms with E-state index >= 15 is 0 Å². The van der Waals surface area contributed by atoms with E-state index in [1.165, 1.54) is 42.1 Å². The second-order valence-electron chi connectivity index (χ2n) is 7.19. The zero-order valence-corrected chi connectivity index (χ0v) is 20.3. The lowest BCUT2D eigenvalue weighted by atomic mass is 10.1. The number of carboxylic acid groups (broad SMARTS) is 1. The van der Waals surface area contributed by atoms with E-state index in [0.29, 0.717) is 22.5 Å². The summed E-state index contributed by atoms with van der Waals surface area (Å²) in [6.45, 7) is 1.63. The monoisotopic (exact) mass is 539 g/mol. The number of carboxylic acids is 1. The number of halogens is 4. The van der Waals surface area contributed by atoms with Crippen LogP contribution in [0.1, 0.15) is 28.4 Å². The minimum absolute atomic E-state index is 0.0408. The van der Waals surface area contributed by atoms with E-state index in [-0.39, 0.29) is 21.5 Å². The summed E-state index contributed by atoms with van der Waals surface area (Å²) in [5.74, 6) is -1.35. The molecule has 1 aliphatic rings. The number of ketones is 1. The lowest BCUT2D eigenvalue weighted by Gasteiger charge is -2.09. The van der Waals surface area contributed by atoms with Crippen molar-refractivity contribution >= 4 is 69.9 Å². The second-order valence-corrected chi connectivity index (χ2v) is 9.03. The Hall–Kier alpha value is -3.15. The van der Waals surface area contributed by atoms with Crippen LogP contribution in [0.4, 0.5) is 18.9 Å². The molecule has 2 aromatic rings. The SMILES string of the molecule is C/C(=N\NC(=S)Nc1ccc(C(=O)O)c(Cl)c1)C1=CSC(/C=C/c2ccc(C(F)(F)F)cc2)C1=O. The number of hydrazone groups is 1. The molecule has 0 amide bonds. The molecule has 0 saturated carbocycles. The second kappa shape index (κ2) is 11.1. The molecule has 3 N–H and O–H groups in total. The minimum Gasteiger partial charge on any atom is -0.478 e. The van der Waals surface area contributed by atoms with Crippen LogP contribution in [0, 0.1) is 0 Å². The molecule has 12 heteroatoms. The summed E-state index contributed by atoms with van der Waals surface area (Å²) in [7, 11) is 0. The van der Waals surface area contributed by atoms with Gasteiger partial charge in [0.1, 0.15) is 0 Å². The highest BCUT2D eigenvalue weighted by atomic mass is 35.5. The number of rotatable bonds is 6. The van der Waals surface area contributed by atoms with Gasteiger partial charge in [-0.3, -0.25) is 10.2 Å². The van der Waals surface area contributed by atoms with Crippen LogP contribution in [0.25, 0.3) is 6.08 Å². The minimum atomic E-state index is -4.40. The standard InChI is InChI=1S/C23H17ClF3N3O3S2/c1-12(29-30-22(34)28-15-7-8-16(21(32)33)18(24)10-15)17-11-35-19(20(17)31)9-4-13-2-5-14(6-3-13)23(25,26)27/h2-11,19H,1H3,(H,32,33)(H2,28,30,34)/b9-4+,29-12+. The predicted octanol–water partition coefficient (Wildman–Crippen LogP) is 6.00. The number of thioether (sulfide) groups is 1. The van der Waals surface area contributed by atoms with Crippen LogP contribution in [-0.2, 0) is 11.0 Å². The third-order valence-corrected chi connectivity index (χ3v) is 6.27. The number of thiocarbonyl (C=S) groups is 1. The number of allylic oxidation sites excluding steroid dienone is 1. The first-order valence-corrected chi connectivity index (χ1v) is 11.6. The maximum atomic E-state index is 12.7. The molecular weight excluding hydrogens is 523 g/mol. The molecule has 0 saturated heterocycles. The Morgan fingerprint density at radius 1 is 1.23 bits per heavy atom. The van der Waals surface area contributed by atoms with Gasteiger partial charge in [0.25, 0.3) is 0 Å². The Labute approximate surface area is 212 Å². The smallest absolute Gasteiger partial charge is 0.416 e.